The number of fused-ring (bicyclic) bond motifs is 1. The van der Waals surface area contributed by atoms with Gasteiger partial charge < -0.3 is 4.90 Å². The van der Waals surface area contributed by atoms with Gasteiger partial charge in [-0.05, 0) is 25.0 Å². The fourth-order valence-electron chi connectivity index (χ4n) is 2.57. The maximum Gasteiger partial charge on any atom is 0.435 e. The fraction of sp³-hybridized carbons (Fsp3) is 0.357. The van der Waals surface area contributed by atoms with Crippen molar-refractivity contribution in [3.63, 3.8) is 0 Å². The second kappa shape index (κ2) is 6.39. The van der Waals surface area contributed by atoms with Crippen LogP contribution in [-0.4, -0.2) is 33.5 Å². The Balaban J connectivity index is 1.86. The molecule has 1 aliphatic rings. The van der Waals surface area contributed by atoms with Gasteiger partial charge in [0, 0.05) is 11.4 Å². The molecule has 0 bridgehead atoms. The first-order valence-electron chi connectivity index (χ1n) is 7.10. The zero-order chi connectivity index (χ0) is 18.4. The topological polar surface area (TPSA) is 82.5 Å². The first-order chi connectivity index (χ1) is 11.7. The highest BCUT2D eigenvalue weighted by molar-refractivity contribution is 7.14. The molecule has 0 aliphatic carbocycles. The molecule has 2 aromatic rings. The lowest BCUT2D eigenvalue weighted by molar-refractivity contribution is -0.141. The van der Waals surface area contributed by atoms with Gasteiger partial charge in [0.25, 0.3) is 11.8 Å². The van der Waals surface area contributed by atoms with Crippen LogP contribution in [-0.2, 0) is 19.1 Å². The van der Waals surface area contributed by atoms with Crippen LogP contribution in [0.5, 0.6) is 0 Å². The number of thiazole rings is 1. The third-order valence-corrected chi connectivity index (χ3v) is 5.81. The Kier molecular flexibility index (Phi) is 4.56. The predicted octanol–water partition coefficient (Wildman–Crippen LogP) is 2.85. The Morgan fingerprint density at radius 1 is 1.36 bits per heavy atom. The number of carbonyl (C=O) groups excluding carboxylic acids is 2. The fourth-order valence-corrected chi connectivity index (χ4v) is 4.59. The van der Waals surface area contributed by atoms with Crippen molar-refractivity contribution in [2.45, 2.75) is 26.1 Å². The Labute approximate surface area is 147 Å². The van der Waals surface area contributed by atoms with E-state index in [1.165, 1.54) is 17.3 Å². The maximum absolute atomic E-state index is 13.1. The van der Waals surface area contributed by atoms with Crippen molar-refractivity contribution in [1.29, 1.82) is 0 Å². The van der Waals surface area contributed by atoms with Gasteiger partial charge in [-0.2, -0.15) is 13.2 Å². The van der Waals surface area contributed by atoms with E-state index < -0.39 is 28.6 Å². The number of halogens is 3. The highest BCUT2D eigenvalue weighted by Gasteiger charge is 2.40. The first-order valence-corrected chi connectivity index (χ1v) is 8.74. The molecule has 0 fully saturated rings. The Hall–Kier alpha value is -1.98. The summed E-state index contributed by atoms with van der Waals surface area (Å²) >= 11 is 1.82. The van der Waals surface area contributed by atoms with E-state index in [9.17, 15) is 22.8 Å². The predicted molar refractivity (Wildman–Crippen MR) is 83.9 cm³/mol. The van der Waals surface area contributed by atoms with Crippen LogP contribution >= 0.6 is 22.7 Å². The minimum absolute atomic E-state index is 0.117. The number of nitrogens with one attached hydrogen (secondary N) is 1. The molecule has 25 heavy (non-hydrogen) atoms. The molecule has 11 heteroatoms. The third kappa shape index (κ3) is 3.39. The number of nitrogens with zero attached hydrogens (tertiary/aromatic N) is 2. The Bertz CT molecular complexity index is 844. The molecule has 0 radical (unpaired) electrons. The van der Waals surface area contributed by atoms with E-state index in [0.717, 1.165) is 28.2 Å². The smallest absolute Gasteiger partial charge is 0.332 e. The summed E-state index contributed by atoms with van der Waals surface area (Å²) in [6.07, 6.45) is -4.26. The normalized spacial score (nSPS) is 14.4. The second-order valence-electron chi connectivity index (χ2n) is 5.39. The molecule has 2 amide bonds. The number of amides is 2. The SMILES string of the molecule is Cc1nc(C(F)(F)F)c(C(=O)N2CCc3cc(C(=O)NO)sc3C2)s1. The van der Waals surface area contributed by atoms with Crippen molar-refractivity contribution in [3.8, 4) is 0 Å². The van der Waals surface area contributed by atoms with E-state index in [1.807, 2.05) is 0 Å². The van der Waals surface area contributed by atoms with Crippen LogP contribution in [0.3, 0.4) is 0 Å². The summed E-state index contributed by atoms with van der Waals surface area (Å²) in [5, 5.41) is 8.85. The average Bonchev–Trinajstić information content (AvgIpc) is 3.15. The van der Waals surface area contributed by atoms with E-state index in [4.69, 9.17) is 5.21 Å². The number of hydrogen-bond donors (Lipinski definition) is 2. The van der Waals surface area contributed by atoms with Crippen LogP contribution in [0.1, 0.15) is 40.5 Å². The third-order valence-electron chi connectivity index (χ3n) is 3.69. The van der Waals surface area contributed by atoms with Crippen molar-refractivity contribution in [3.05, 3.63) is 37.0 Å². The maximum atomic E-state index is 13.1. The van der Waals surface area contributed by atoms with Gasteiger partial charge in [-0.1, -0.05) is 0 Å². The van der Waals surface area contributed by atoms with Crippen molar-refractivity contribution >= 4 is 34.5 Å². The molecule has 0 saturated heterocycles. The molecule has 1 aliphatic heterocycles. The van der Waals surface area contributed by atoms with E-state index in [0.29, 0.717) is 11.3 Å². The summed E-state index contributed by atoms with van der Waals surface area (Å²) in [4.78, 5) is 29.4. The zero-order valence-corrected chi connectivity index (χ0v) is 14.4. The van der Waals surface area contributed by atoms with E-state index in [-0.39, 0.29) is 23.0 Å². The largest absolute Gasteiger partial charge is 0.435 e. The number of hydrogen-bond acceptors (Lipinski definition) is 6. The molecule has 3 rings (SSSR count). The molecule has 6 nitrogen and oxygen atoms in total. The number of rotatable bonds is 2. The quantitative estimate of drug-likeness (QED) is 0.609. The van der Waals surface area contributed by atoms with Gasteiger partial charge in [0.05, 0.1) is 16.4 Å². The van der Waals surface area contributed by atoms with Gasteiger partial charge in [0.15, 0.2) is 5.69 Å². The summed E-state index contributed by atoms with van der Waals surface area (Å²) in [5.41, 5.74) is 1.23. The number of thiophene rings is 1. The number of carbonyl (C=O) groups is 2. The molecule has 0 unspecified atom stereocenters. The van der Waals surface area contributed by atoms with Crippen molar-refractivity contribution < 1.29 is 28.0 Å². The molecule has 0 atom stereocenters. The van der Waals surface area contributed by atoms with E-state index >= 15 is 0 Å². The van der Waals surface area contributed by atoms with Crippen molar-refractivity contribution in [1.82, 2.24) is 15.4 Å². The average molecular weight is 391 g/mol. The summed E-state index contributed by atoms with van der Waals surface area (Å²) in [6, 6.07) is 1.62. The summed E-state index contributed by atoms with van der Waals surface area (Å²) in [5.74, 6) is -1.38. The number of aryl methyl sites for hydroxylation is 1. The lowest BCUT2D eigenvalue weighted by Crippen LogP contribution is -2.35. The van der Waals surface area contributed by atoms with E-state index in [2.05, 4.69) is 4.98 Å². The molecular formula is C14H12F3N3O3S2. The molecule has 3 heterocycles. The van der Waals surface area contributed by atoms with Crippen LogP contribution in [0.4, 0.5) is 13.2 Å². The van der Waals surface area contributed by atoms with Crippen molar-refractivity contribution in [2.75, 3.05) is 6.54 Å². The molecule has 0 spiro atoms. The number of hydroxylamine groups is 1. The lowest BCUT2D eigenvalue weighted by Gasteiger charge is -2.26. The van der Waals surface area contributed by atoms with Gasteiger partial charge >= 0.3 is 6.18 Å². The van der Waals surface area contributed by atoms with Gasteiger partial charge in [0.2, 0.25) is 0 Å². The molecule has 2 N–H and O–H groups in total. The first kappa shape index (κ1) is 17.8. The van der Waals surface area contributed by atoms with Gasteiger partial charge in [-0.25, -0.2) is 10.5 Å². The Morgan fingerprint density at radius 3 is 2.72 bits per heavy atom. The summed E-state index contributed by atoms with van der Waals surface area (Å²) in [6.45, 7) is 1.78. The number of aromatic nitrogens is 1. The minimum atomic E-state index is -4.69. The van der Waals surface area contributed by atoms with Crippen molar-refractivity contribution in [2.24, 2.45) is 0 Å². The van der Waals surface area contributed by atoms with Gasteiger partial charge in [-0.3, -0.25) is 14.8 Å². The minimum Gasteiger partial charge on any atom is -0.332 e. The standard InChI is InChI=1S/C14H12F3N3O3S2/c1-6-18-11(14(15,16)17)10(24-6)13(22)20-3-2-7-4-8(12(21)19-23)25-9(7)5-20/h4,23H,2-3,5H2,1H3,(H,19,21). The molecule has 0 saturated carbocycles. The Morgan fingerprint density at radius 2 is 2.08 bits per heavy atom. The van der Waals surface area contributed by atoms with Gasteiger partial charge in [0.1, 0.15) is 4.88 Å². The zero-order valence-electron chi connectivity index (χ0n) is 12.8. The van der Waals surface area contributed by atoms with Crippen LogP contribution in [0.25, 0.3) is 0 Å². The monoisotopic (exact) mass is 391 g/mol. The highest BCUT2D eigenvalue weighted by atomic mass is 32.1. The van der Waals surface area contributed by atoms with Crippen LogP contribution in [0.15, 0.2) is 6.07 Å². The van der Waals surface area contributed by atoms with Crippen LogP contribution < -0.4 is 5.48 Å². The lowest BCUT2D eigenvalue weighted by atomic mass is 10.1. The summed E-state index contributed by atoms with van der Waals surface area (Å²) < 4.78 is 39.2. The van der Waals surface area contributed by atoms with E-state index in [1.54, 1.807) is 6.07 Å². The molecular weight excluding hydrogens is 379 g/mol. The number of alkyl halides is 3. The summed E-state index contributed by atoms with van der Waals surface area (Å²) in [7, 11) is 0. The molecule has 2 aromatic heterocycles. The second-order valence-corrected chi connectivity index (χ2v) is 7.73. The van der Waals surface area contributed by atoms with Gasteiger partial charge in [-0.15, -0.1) is 22.7 Å². The molecule has 0 aromatic carbocycles. The highest BCUT2D eigenvalue weighted by Crippen LogP contribution is 2.36. The molecule has 134 valence electrons. The van der Waals surface area contributed by atoms with Crippen LogP contribution in [0.2, 0.25) is 0 Å². The van der Waals surface area contributed by atoms with Crippen LogP contribution in [0, 0.1) is 6.92 Å².